The Balaban J connectivity index is 2.04. The zero-order valence-electron chi connectivity index (χ0n) is 22.6. The Morgan fingerprint density at radius 2 is 1.74 bits per heavy atom. The van der Waals surface area contributed by atoms with Gasteiger partial charge in [-0.05, 0) is 37.5 Å². The van der Waals surface area contributed by atoms with Crippen LogP contribution in [-0.2, 0) is 47.6 Å². The highest BCUT2D eigenvalue weighted by Crippen LogP contribution is 2.62. The highest BCUT2D eigenvalue weighted by molar-refractivity contribution is 5.78. The van der Waals surface area contributed by atoms with Crippen LogP contribution in [0.1, 0.15) is 47.5 Å². The molecule has 38 heavy (non-hydrogen) atoms. The highest BCUT2D eigenvalue weighted by atomic mass is 16.6. The molecule has 0 aromatic rings. The second-order valence-corrected chi connectivity index (χ2v) is 10.9. The SMILES string of the molecule is COCC1=C\[C@@H]2OC(=O)[C@H](C)[C@@]2(O)[C@@H](OC(C)=O)[C@H]2[C@]3(CC[C@H](OC(C)=O)[C@]2(C)[C@@H](OC(C)=O)/C=C\1)CO3. The Kier molecular flexibility index (Phi) is 7.50. The molecule has 11 heteroatoms. The van der Waals surface area contributed by atoms with Gasteiger partial charge in [0.2, 0.25) is 0 Å². The van der Waals surface area contributed by atoms with Gasteiger partial charge in [-0.3, -0.25) is 19.2 Å². The molecule has 9 atom stereocenters. The van der Waals surface area contributed by atoms with E-state index in [1.165, 1.54) is 34.8 Å². The molecule has 0 aromatic heterocycles. The number of epoxide rings is 1. The number of hydrogen-bond acceptors (Lipinski definition) is 11. The zero-order valence-corrected chi connectivity index (χ0v) is 22.6. The number of rotatable bonds is 5. The summed E-state index contributed by atoms with van der Waals surface area (Å²) in [5.74, 6) is -4.45. The van der Waals surface area contributed by atoms with Crippen LogP contribution in [0.25, 0.3) is 0 Å². The molecule has 3 fully saturated rings. The second kappa shape index (κ2) is 10.1. The van der Waals surface area contributed by atoms with Gasteiger partial charge in [0, 0.05) is 33.8 Å². The van der Waals surface area contributed by atoms with E-state index in [1.807, 2.05) is 0 Å². The van der Waals surface area contributed by atoms with E-state index in [0.29, 0.717) is 18.4 Å². The van der Waals surface area contributed by atoms with Crippen LogP contribution in [0.4, 0.5) is 0 Å². The lowest BCUT2D eigenvalue weighted by Gasteiger charge is -2.56. The number of methoxy groups -OCH3 is 1. The van der Waals surface area contributed by atoms with E-state index < -0.39 is 76.7 Å². The van der Waals surface area contributed by atoms with Crippen molar-refractivity contribution in [2.24, 2.45) is 17.3 Å². The first-order valence-electron chi connectivity index (χ1n) is 12.8. The zero-order chi connectivity index (χ0) is 28.0. The van der Waals surface area contributed by atoms with Gasteiger partial charge in [-0.2, -0.15) is 0 Å². The Hall–Kier alpha value is -2.76. The average Bonchev–Trinajstić information content (AvgIpc) is 3.55. The first kappa shape index (κ1) is 28.3. The topological polar surface area (TPSA) is 147 Å². The summed E-state index contributed by atoms with van der Waals surface area (Å²) in [5, 5.41) is 12.4. The maximum Gasteiger partial charge on any atom is 0.312 e. The summed E-state index contributed by atoms with van der Waals surface area (Å²) in [6.07, 6.45) is 1.32. The molecule has 210 valence electrons. The van der Waals surface area contributed by atoms with E-state index in [0.717, 1.165) is 0 Å². The van der Waals surface area contributed by atoms with Gasteiger partial charge < -0.3 is 33.5 Å². The minimum Gasteiger partial charge on any atom is -0.462 e. The van der Waals surface area contributed by atoms with Gasteiger partial charge in [-0.1, -0.05) is 13.0 Å². The summed E-state index contributed by atoms with van der Waals surface area (Å²) >= 11 is 0. The van der Waals surface area contributed by atoms with Crippen LogP contribution in [0.3, 0.4) is 0 Å². The van der Waals surface area contributed by atoms with E-state index in [-0.39, 0.29) is 13.2 Å². The molecule has 2 aliphatic carbocycles. The van der Waals surface area contributed by atoms with Crippen LogP contribution in [-0.4, -0.2) is 84.9 Å². The van der Waals surface area contributed by atoms with Crippen LogP contribution in [0.2, 0.25) is 0 Å². The maximum atomic E-state index is 12.9. The lowest BCUT2D eigenvalue weighted by atomic mass is 9.53. The van der Waals surface area contributed by atoms with Crippen molar-refractivity contribution in [3.05, 3.63) is 23.8 Å². The van der Waals surface area contributed by atoms with E-state index >= 15 is 0 Å². The molecule has 0 amide bonds. The van der Waals surface area contributed by atoms with Gasteiger partial charge >= 0.3 is 23.9 Å². The Morgan fingerprint density at radius 3 is 2.29 bits per heavy atom. The van der Waals surface area contributed by atoms with Crippen LogP contribution < -0.4 is 0 Å². The Bertz CT molecular complexity index is 1060. The first-order chi connectivity index (χ1) is 17.8. The standard InChI is InChI=1S/C27H36O11/c1-14-24(31)38-21-11-18(12-33-6)7-8-19(35-15(2)28)25(5)20(36-16(3)29)9-10-26(13-34-26)22(25)23(27(14,21)32)37-17(4)30/h7-8,11,14,19-23,32H,9-10,12-13H2,1-6H3/b8-7-,18-11-/t14-,19-,20-,21-,22+,23-,25-,26-,27-/m0/s1. The number of carbonyl (C=O) groups is 4. The molecule has 4 rings (SSSR count). The number of esters is 4. The number of carbonyl (C=O) groups excluding carboxylic acids is 4. The second-order valence-electron chi connectivity index (χ2n) is 10.9. The fourth-order valence-electron chi connectivity index (χ4n) is 6.59. The van der Waals surface area contributed by atoms with E-state index in [4.69, 9.17) is 28.4 Å². The van der Waals surface area contributed by atoms with Crippen LogP contribution in [0.5, 0.6) is 0 Å². The summed E-state index contributed by atoms with van der Waals surface area (Å²) in [6, 6.07) is 0. The monoisotopic (exact) mass is 536 g/mol. The molecule has 2 heterocycles. The molecule has 0 bridgehead atoms. The summed E-state index contributed by atoms with van der Waals surface area (Å²) < 4.78 is 34.5. The molecule has 1 N–H and O–H groups in total. The Morgan fingerprint density at radius 1 is 1.11 bits per heavy atom. The van der Waals surface area contributed by atoms with Crippen LogP contribution in [0, 0.1) is 17.3 Å². The number of aliphatic hydroxyl groups is 1. The number of hydrogen-bond donors (Lipinski definition) is 1. The first-order valence-corrected chi connectivity index (χ1v) is 12.8. The average molecular weight is 537 g/mol. The molecule has 0 unspecified atom stereocenters. The highest BCUT2D eigenvalue weighted by Gasteiger charge is 2.74. The van der Waals surface area contributed by atoms with Gasteiger partial charge in [0.05, 0.1) is 30.1 Å². The van der Waals surface area contributed by atoms with Crippen molar-refractivity contribution in [3.63, 3.8) is 0 Å². The molecule has 1 saturated carbocycles. The van der Waals surface area contributed by atoms with E-state index in [1.54, 1.807) is 25.2 Å². The van der Waals surface area contributed by atoms with Crippen molar-refractivity contribution in [1.82, 2.24) is 0 Å². The summed E-state index contributed by atoms with van der Waals surface area (Å²) in [5.41, 5.74) is -3.65. The maximum absolute atomic E-state index is 12.9. The molecule has 2 saturated heterocycles. The van der Waals surface area contributed by atoms with Crippen LogP contribution >= 0.6 is 0 Å². The van der Waals surface area contributed by atoms with Crippen molar-refractivity contribution in [1.29, 1.82) is 0 Å². The van der Waals surface area contributed by atoms with Crippen molar-refractivity contribution in [2.75, 3.05) is 20.3 Å². The van der Waals surface area contributed by atoms with Crippen LogP contribution in [0.15, 0.2) is 23.8 Å². The van der Waals surface area contributed by atoms with Crippen molar-refractivity contribution < 1.29 is 52.7 Å². The molecule has 0 radical (unpaired) electrons. The van der Waals surface area contributed by atoms with Crippen molar-refractivity contribution >= 4 is 23.9 Å². The molecule has 4 aliphatic rings. The quantitative estimate of drug-likeness (QED) is 0.309. The lowest BCUT2D eigenvalue weighted by molar-refractivity contribution is -0.236. The van der Waals surface area contributed by atoms with Crippen molar-refractivity contribution in [3.8, 4) is 0 Å². The molecular formula is C27H36O11. The normalized spacial score (nSPS) is 44.0. The summed E-state index contributed by atoms with van der Waals surface area (Å²) in [6.45, 7) is 7.40. The Labute approximate surface area is 221 Å². The predicted octanol–water partition coefficient (Wildman–Crippen LogP) is 1.40. The third-order valence-electron chi connectivity index (χ3n) is 8.45. The van der Waals surface area contributed by atoms with Gasteiger partial charge in [-0.25, -0.2) is 0 Å². The summed E-state index contributed by atoms with van der Waals surface area (Å²) in [7, 11) is 1.48. The molecule has 1 spiro atoms. The molecule has 2 aliphatic heterocycles. The fourth-order valence-corrected chi connectivity index (χ4v) is 6.59. The lowest BCUT2D eigenvalue weighted by Crippen LogP contribution is -2.69. The fraction of sp³-hybridized carbons (Fsp3) is 0.704. The third kappa shape index (κ3) is 4.65. The van der Waals surface area contributed by atoms with Gasteiger partial charge in [0.25, 0.3) is 0 Å². The van der Waals surface area contributed by atoms with E-state index in [2.05, 4.69) is 0 Å². The molecule has 0 aromatic carbocycles. The minimum atomic E-state index is -2.03. The smallest absolute Gasteiger partial charge is 0.312 e. The summed E-state index contributed by atoms with van der Waals surface area (Å²) in [4.78, 5) is 50.1. The van der Waals surface area contributed by atoms with Gasteiger partial charge in [0.1, 0.15) is 18.3 Å². The molecular weight excluding hydrogens is 500 g/mol. The predicted molar refractivity (Wildman–Crippen MR) is 129 cm³/mol. The van der Waals surface area contributed by atoms with E-state index in [9.17, 15) is 24.3 Å². The van der Waals surface area contributed by atoms with Crippen molar-refractivity contribution in [2.45, 2.75) is 83.1 Å². The van der Waals surface area contributed by atoms with Gasteiger partial charge in [0.15, 0.2) is 11.7 Å². The van der Waals surface area contributed by atoms with Gasteiger partial charge in [-0.15, -0.1) is 0 Å². The number of fused-ring (bicyclic) bond motifs is 3. The number of ether oxygens (including phenoxy) is 6. The third-order valence-corrected chi connectivity index (χ3v) is 8.45. The largest absolute Gasteiger partial charge is 0.462 e. The molecule has 11 nitrogen and oxygen atoms in total. The minimum absolute atomic E-state index is 0.0839.